The molecule has 3 aromatic rings. The fourth-order valence-electron chi connectivity index (χ4n) is 2.01. The molecular formula is C14H8Br2N2O2. The van der Waals surface area contributed by atoms with Gasteiger partial charge in [-0.1, -0.05) is 22.0 Å². The number of carbonyl (C=O) groups is 1. The normalized spacial score (nSPS) is 10.9. The van der Waals surface area contributed by atoms with Gasteiger partial charge in [0.2, 0.25) is 0 Å². The Balaban J connectivity index is 2.23. The highest BCUT2D eigenvalue weighted by molar-refractivity contribution is 9.11. The highest BCUT2D eigenvalue weighted by Gasteiger charge is 2.14. The average Bonchev–Trinajstić information content (AvgIpc) is 2.81. The molecule has 0 unspecified atom stereocenters. The first-order valence-corrected chi connectivity index (χ1v) is 7.32. The van der Waals surface area contributed by atoms with Crippen LogP contribution in [0.5, 0.6) is 0 Å². The number of nitrogens with zero attached hydrogens (tertiary/aromatic N) is 1. The van der Waals surface area contributed by atoms with Crippen LogP contribution in [0.3, 0.4) is 0 Å². The second-order valence-corrected chi connectivity index (χ2v) is 5.99. The van der Waals surface area contributed by atoms with Gasteiger partial charge in [-0.15, -0.1) is 0 Å². The van der Waals surface area contributed by atoms with Crippen molar-refractivity contribution in [2.45, 2.75) is 0 Å². The van der Waals surface area contributed by atoms with Crippen molar-refractivity contribution in [3.63, 3.8) is 0 Å². The lowest BCUT2D eigenvalue weighted by molar-refractivity contribution is 0.0699. The summed E-state index contributed by atoms with van der Waals surface area (Å²) < 4.78 is 1.83. The number of aromatic amines is 1. The molecule has 0 spiro atoms. The Kier molecular flexibility index (Phi) is 3.35. The van der Waals surface area contributed by atoms with Crippen LogP contribution in [-0.4, -0.2) is 21.0 Å². The number of halogens is 2. The molecule has 0 saturated heterocycles. The fraction of sp³-hybridized carbons (Fsp3) is 0. The van der Waals surface area contributed by atoms with E-state index in [1.54, 1.807) is 12.1 Å². The molecule has 0 saturated carbocycles. The van der Waals surface area contributed by atoms with Crippen molar-refractivity contribution >= 4 is 48.9 Å². The van der Waals surface area contributed by atoms with E-state index < -0.39 is 5.97 Å². The molecule has 3 rings (SSSR count). The number of hydrogen-bond donors (Lipinski definition) is 2. The lowest BCUT2D eigenvalue weighted by atomic mass is 10.2. The number of H-pyrrole nitrogens is 1. The van der Waals surface area contributed by atoms with Crippen LogP contribution in [0.4, 0.5) is 0 Å². The Morgan fingerprint density at radius 2 is 2.00 bits per heavy atom. The number of aromatic carboxylic acids is 1. The topological polar surface area (TPSA) is 66.0 Å². The summed E-state index contributed by atoms with van der Waals surface area (Å²) in [6, 6.07) is 10.8. The van der Waals surface area contributed by atoms with Crippen molar-refractivity contribution in [2.24, 2.45) is 0 Å². The van der Waals surface area contributed by atoms with Crippen molar-refractivity contribution in [3.05, 3.63) is 50.9 Å². The molecule has 0 amide bonds. The first-order valence-electron chi connectivity index (χ1n) is 5.73. The molecule has 0 aliphatic rings. The third-order valence-electron chi connectivity index (χ3n) is 2.93. The summed E-state index contributed by atoms with van der Waals surface area (Å²) in [5.41, 5.74) is 2.23. The lowest BCUT2D eigenvalue weighted by Gasteiger charge is -2.00. The molecule has 0 fully saturated rings. The molecule has 0 radical (unpaired) electrons. The summed E-state index contributed by atoms with van der Waals surface area (Å²) in [5, 5.41) is 9.18. The van der Waals surface area contributed by atoms with Crippen molar-refractivity contribution in [1.29, 1.82) is 0 Å². The maximum atomic E-state index is 11.2. The predicted molar refractivity (Wildman–Crippen MR) is 83.9 cm³/mol. The number of nitrogens with one attached hydrogen (secondary N) is 1. The SMILES string of the molecule is O=C(O)c1cccc2[nH]c(-c3ccc(Br)cc3Br)nc12. The molecule has 0 bridgehead atoms. The molecule has 100 valence electrons. The van der Waals surface area contributed by atoms with Crippen LogP contribution in [0.1, 0.15) is 10.4 Å². The van der Waals surface area contributed by atoms with Crippen LogP contribution in [0, 0.1) is 0 Å². The Morgan fingerprint density at radius 3 is 2.70 bits per heavy atom. The van der Waals surface area contributed by atoms with Crippen molar-refractivity contribution in [2.75, 3.05) is 0 Å². The monoisotopic (exact) mass is 394 g/mol. The minimum absolute atomic E-state index is 0.193. The van der Waals surface area contributed by atoms with Crippen LogP contribution in [-0.2, 0) is 0 Å². The zero-order chi connectivity index (χ0) is 14.3. The Labute approximate surface area is 131 Å². The standard InChI is InChI=1S/C14H8Br2N2O2/c15-7-4-5-8(10(16)6-7)13-17-11-3-1-2-9(14(19)20)12(11)18-13/h1-6H,(H,17,18)(H,19,20). The van der Waals surface area contributed by atoms with Gasteiger partial charge in [0.15, 0.2) is 0 Å². The van der Waals surface area contributed by atoms with Gasteiger partial charge in [-0.05, 0) is 46.3 Å². The van der Waals surface area contributed by atoms with Gasteiger partial charge >= 0.3 is 5.97 Å². The Morgan fingerprint density at radius 1 is 1.20 bits per heavy atom. The van der Waals surface area contributed by atoms with Crippen LogP contribution in [0.25, 0.3) is 22.4 Å². The molecule has 0 atom stereocenters. The number of aromatic nitrogens is 2. The van der Waals surface area contributed by atoms with Crippen LogP contribution >= 0.6 is 31.9 Å². The molecule has 1 aromatic heterocycles. The highest BCUT2D eigenvalue weighted by Crippen LogP contribution is 2.30. The minimum atomic E-state index is -0.983. The van der Waals surface area contributed by atoms with E-state index in [0.717, 1.165) is 14.5 Å². The van der Waals surface area contributed by atoms with Gasteiger partial charge in [-0.3, -0.25) is 0 Å². The second-order valence-electron chi connectivity index (χ2n) is 4.22. The van der Waals surface area contributed by atoms with Crippen LogP contribution < -0.4 is 0 Å². The third kappa shape index (κ3) is 2.25. The fourth-order valence-corrected chi connectivity index (χ4v) is 3.25. The largest absolute Gasteiger partial charge is 0.478 e. The summed E-state index contributed by atoms with van der Waals surface area (Å²) in [6.07, 6.45) is 0. The van der Waals surface area contributed by atoms with Crippen LogP contribution in [0.2, 0.25) is 0 Å². The maximum absolute atomic E-state index is 11.2. The van der Waals surface area contributed by atoms with Gasteiger partial charge in [0.05, 0.1) is 11.1 Å². The summed E-state index contributed by atoms with van der Waals surface area (Å²) in [7, 11) is 0. The van der Waals surface area contributed by atoms with Crippen molar-refractivity contribution < 1.29 is 9.90 Å². The third-order valence-corrected chi connectivity index (χ3v) is 4.08. The quantitative estimate of drug-likeness (QED) is 0.673. The molecule has 1 heterocycles. The molecule has 0 aliphatic carbocycles. The van der Waals surface area contributed by atoms with Gasteiger partial charge in [0.1, 0.15) is 11.3 Å². The van der Waals surface area contributed by atoms with E-state index in [1.165, 1.54) is 0 Å². The minimum Gasteiger partial charge on any atom is -0.478 e. The second kappa shape index (κ2) is 5.03. The van der Waals surface area contributed by atoms with Gasteiger partial charge in [-0.25, -0.2) is 9.78 Å². The summed E-state index contributed by atoms with van der Waals surface area (Å²) in [6.45, 7) is 0. The summed E-state index contributed by atoms with van der Waals surface area (Å²) in [5.74, 6) is -0.350. The van der Waals surface area contributed by atoms with Crippen molar-refractivity contribution in [1.82, 2.24) is 9.97 Å². The first kappa shape index (κ1) is 13.3. The van der Waals surface area contributed by atoms with Gasteiger partial charge in [-0.2, -0.15) is 0 Å². The summed E-state index contributed by atoms with van der Waals surface area (Å²) in [4.78, 5) is 18.8. The molecule has 2 aromatic carbocycles. The smallest absolute Gasteiger partial charge is 0.337 e. The number of rotatable bonds is 2. The number of fused-ring (bicyclic) bond motifs is 1. The highest BCUT2D eigenvalue weighted by atomic mass is 79.9. The van der Waals surface area contributed by atoms with E-state index in [-0.39, 0.29) is 5.56 Å². The lowest BCUT2D eigenvalue weighted by Crippen LogP contribution is -1.96. The zero-order valence-electron chi connectivity index (χ0n) is 10.0. The molecule has 4 nitrogen and oxygen atoms in total. The van der Waals surface area contributed by atoms with Gasteiger partial charge in [0, 0.05) is 14.5 Å². The molecule has 0 aliphatic heterocycles. The van der Waals surface area contributed by atoms with Gasteiger partial charge < -0.3 is 10.1 Å². The number of carboxylic acid groups (broad SMARTS) is 1. The Bertz CT molecular complexity index is 827. The van der Waals surface area contributed by atoms with Gasteiger partial charge in [0.25, 0.3) is 0 Å². The van der Waals surface area contributed by atoms with E-state index in [2.05, 4.69) is 41.8 Å². The number of imidazole rings is 1. The molecule has 6 heteroatoms. The summed E-state index contributed by atoms with van der Waals surface area (Å²) >= 11 is 6.88. The molecular weight excluding hydrogens is 388 g/mol. The van der Waals surface area contributed by atoms with E-state index in [1.807, 2.05) is 24.3 Å². The van der Waals surface area contributed by atoms with Crippen molar-refractivity contribution in [3.8, 4) is 11.4 Å². The first-order chi connectivity index (χ1) is 9.56. The molecule has 20 heavy (non-hydrogen) atoms. The predicted octanol–water partition coefficient (Wildman–Crippen LogP) is 4.45. The van der Waals surface area contributed by atoms with E-state index in [0.29, 0.717) is 16.9 Å². The number of carboxylic acids is 1. The van der Waals surface area contributed by atoms with E-state index in [9.17, 15) is 9.90 Å². The van der Waals surface area contributed by atoms with E-state index in [4.69, 9.17) is 0 Å². The zero-order valence-corrected chi connectivity index (χ0v) is 13.2. The van der Waals surface area contributed by atoms with E-state index >= 15 is 0 Å². The number of benzene rings is 2. The average molecular weight is 396 g/mol. The molecule has 2 N–H and O–H groups in total. The number of hydrogen-bond acceptors (Lipinski definition) is 2. The maximum Gasteiger partial charge on any atom is 0.337 e. The van der Waals surface area contributed by atoms with Crippen LogP contribution in [0.15, 0.2) is 45.3 Å². The number of para-hydroxylation sites is 1. The Hall–Kier alpha value is -1.66.